The molecule has 37 heavy (non-hydrogen) atoms. The van der Waals surface area contributed by atoms with Gasteiger partial charge in [-0.3, -0.25) is 0 Å². The highest BCUT2D eigenvalue weighted by Gasteiger charge is 2.13. The van der Waals surface area contributed by atoms with E-state index < -0.39 is 0 Å². The zero-order chi connectivity index (χ0) is 25.2. The van der Waals surface area contributed by atoms with E-state index in [1.54, 1.807) is 0 Å². The summed E-state index contributed by atoms with van der Waals surface area (Å²) in [6.45, 7) is 4.45. The molecule has 0 aromatic carbocycles. The van der Waals surface area contributed by atoms with Crippen molar-refractivity contribution < 1.29 is 0 Å². The largest absolute Gasteiger partial charge is 0.140 e. The van der Waals surface area contributed by atoms with Crippen molar-refractivity contribution >= 4 is 68.0 Å². The van der Waals surface area contributed by atoms with Gasteiger partial charge >= 0.3 is 0 Å². The third-order valence-corrected chi connectivity index (χ3v) is 13.8. The fourth-order valence-corrected chi connectivity index (χ4v) is 10.7. The normalized spacial score (nSPS) is 11.5. The molecule has 6 heterocycles. The number of hydrogen-bond acceptors (Lipinski definition) is 6. The lowest BCUT2D eigenvalue weighted by atomic mass is 10.1. The molecule has 6 aromatic heterocycles. The highest BCUT2D eigenvalue weighted by atomic mass is 32.1. The minimum absolute atomic E-state index is 1.22. The number of unbranched alkanes of at least 4 members (excludes halogenated alkanes) is 3. The highest BCUT2D eigenvalue weighted by Crippen LogP contribution is 2.45. The van der Waals surface area contributed by atoms with Gasteiger partial charge in [0, 0.05) is 58.5 Å². The Morgan fingerprint density at radius 3 is 1.19 bits per heavy atom. The molecule has 6 aromatic rings. The number of aryl methyl sites for hydroxylation is 2. The first-order valence-corrected chi connectivity index (χ1v) is 17.6. The van der Waals surface area contributed by atoms with Crippen LogP contribution >= 0.6 is 68.0 Å². The lowest BCUT2D eigenvalue weighted by molar-refractivity contribution is 0.670. The van der Waals surface area contributed by atoms with E-state index in [4.69, 9.17) is 0 Å². The molecule has 6 rings (SSSR count). The fraction of sp³-hybridized carbons (Fsp3) is 0.226. The van der Waals surface area contributed by atoms with Gasteiger partial charge in [-0.15, -0.1) is 68.0 Å². The molecule has 0 aliphatic carbocycles. The molecule has 0 unspecified atom stereocenters. The van der Waals surface area contributed by atoms with Gasteiger partial charge in [0.25, 0.3) is 0 Å². The van der Waals surface area contributed by atoms with Crippen LogP contribution in [0.15, 0.2) is 72.8 Å². The van der Waals surface area contributed by atoms with E-state index in [0.29, 0.717) is 0 Å². The Morgan fingerprint density at radius 1 is 0.405 bits per heavy atom. The molecule has 0 amide bonds. The summed E-state index contributed by atoms with van der Waals surface area (Å²) in [4.78, 5) is 16.6. The Labute approximate surface area is 243 Å². The van der Waals surface area contributed by atoms with Crippen molar-refractivity contribution in [3.8, 4) is 48.8 Å². The fourth-order valence-electron chi connectivity index (χ4n) is 4.35. The van der Waals surface area contributed by atoms with Crippen molar-refractivity contribution in [1.82, 2.24) is 0 Å². The Kier molecular flexibility index (Phi) is 7.93. The molecule has 0 saturated heterocycles. The quantitative estimate of drug-likeness (QED) is 0.139. The second-order valence-electron chi connectivity index (χ2n) is 9.14. The van der Waals surface area contributed by atoms with Gasteiger partial charge < -0.3 is 0 Å². The van der Waals surface area contributed by atoms with Crippen molar-refractivity contribution in [2.45, 2.75) is 46.0 Å². The molecule has 6 heteroatoms. The van der Waals surface area contributed by atoms with Crippen LogP contribution in [0.1, 0.15) is 42.4 Å². The second kappa shape index (κ2) is 11.5. The number of rotatable bonds is 10. The summed E-state index contributed by atoms with van der Waals surface area (Å²) in [5, 5.41) is 0. The van der Waals surface area contributed by atoms with Crippen molar-refractivity contribution in [3.63, 3.8) is 0 Å². The molecule has 0 saturated carbocycles. The van der Waals surface area contributed by atoms with E-state index in [9.17, 15) is 0 Å². The zero-order valence-electron chi connectivity index (χ0n) is 20.9. The molecule has 0 nitrogen and oxygen atoms in total. The minimum atomic E-state index is 1.22. The Morgan fingerprint density at radius 2 is 0.784 bits per heavy atom. The van der Waals surface area contributed by atoms with Crippen LogP contribution in [0.4, 0.5) is 0 Å². The molecular formula is C31H28S6. The molecule has 0 spiro atoms. The van der Waals surface area contributed by atoms with Gasteiger partial charge in [-0.1, -0.05) is 26.2 Å². The average Bonchev–Trinajstić information content (AvgIpc) is 3.73. The van der Waals surface area contributed by atoms with E-state index in [0.717, 1.165) is 0 Å². The summed E-state index contributed by atoms with van der Waals surface area (Å²) in [5.74, 6) is 0. The molecule has 188 valence electrons. The standard InChI is InChI=1S/C31H28S6/c1-3-4-5-6-7-21-9-11-23(33-21)25-13-15-27(35-25)29-17-19-31(37-29)30-18-16-28(36-30)26-14-12-24(34-26)22-10-8-20(2)32-22/h8-19H,3-7H2,1-2H3. The van der Waals surface area contributed by atoms with Crippen molar-refractivity contribution in [2.24, 2.45) is 0 Å². The maximum absolute atomic E-state index is 2.33. The maximum Gasteiger partial charge on any atom is 0.0449 e. The smallest absolute Gasteiger partial charge is 0.0449 e. The van der Waals surface area contributed by atoms with Crippen molar-refractivity contribution in [3.05, 3.63) is 82.6 Å². The number of hydrogen-bond donors (Lipinski definition) is 0. The predicted octanol–water partition coefficient (Wildman–Crippen LogP) is 12.8. The van der Waals surface area contributed by atoms with Crippen LogP contribution in [-0.2, 0) is 6.42 Å². The first-order chi connectivity index (χ1) is 18.2. The summed E-state index contributed by atoms with van der Waals surface area (Å²) in [7, 11) is 0. The van der Waals surface area contributed by atoms with E-state index in [2.05, 4.69) is 86.6 Å². The predicted molar refractivity (Wildman–Crippen MR) is 173 cm³/mol. The molecule has 0 aliphatic heterocycles. The van der Waals surface area contributed by atoms with Crippen molar-refractivity contribution in [1.29, 1.82) is 0 Å². The molecule has 0 bridgehead atoms. The lowest BCUT2D eigenvalue weighted by Gasteiger charge is -1.96. The Bertz CT molecular complexity index is 1590. The van der Waals surface area contributed by atoms with Gasteiger partial charge in [-0.05, 0) is 92.6 Å². The second-order valence-corrected chi connectivity index (χ2v) is 15.9. The zero-order valence-corrected chi connectivity index (χ0v) is 25.8. The third-order valence-electron chi connectivity index (χ3n) is 6.32. The summed E-state index contributed by atoms with van der Waals surface area (Å²) >= 11 is 11.5. The van der Waals surface area contributed by atoms with Gasteiger partial charge in [0.15, 0.2) is 0 Å². The van der Waals surface area contributed by atoms with Crippen LogP contribution < -0.4 is 0 Å². The highest BCUT2D eigenvalue weighted by molar-refractivity contribution is 7.30. The topological polar surface area (TPSA) is 0 Å². The van der Waals surface area contributed by atoms with Crippen LogP contribution in [0.5, 0.6) is 0 Å². The van der Waals surface area contributed by atoms with Crippen LogP contribution in [0.3, 0.4) is 0 Å². The molecule has 0 fully saturated rings. The molecule has 0 radical (unpaired) electrons. The number of thiophene rings is 6. The van der Waals surface area contributed by atoms with Crippen LogP contribution in [0.2, 0.25) is 0 Å². The van der Waals surface area contributed by atoms with Gasteiger partial charge in [-0.2, -0.15) is 0 Å². The van der Waals surface area contributed by atoms with Gasteiger partial charge in [0.2, 0.25) is 0 Å². The lowest BCUT2D eigenvalue weighted by Crippen LogP contribution is -1.80. The Hall–Kier alpha value is -1.80. The third kappa shape index (κ3) is 5.80. The van der Waals surface area contributed by atoms with Crippen molar-refractivity contribution in [2.75, 3.05) is 0 Å². The summed E-state index contributed by atoms with van der Waals surface area (Å²) in [5.41, 5.74) is 0. The summed E-state index contributed by atoms with van der Waals surface area (Å²) < 4.78 is 0. The monoisotopic (exact) mass is 592 g/mol. The van der Waals surface area contributed by atoms with Crippen LogP contribution in [0, 0.1) is 6.92 Å². The van der Waals surface area contributed by atoms with E-state index in [1.165, 1.54) is 90.6 Å². The molecular weight excluding hydrogens is 565 g/mol. The summed E-state index contributed by atoms with van der Waals surface area (Å²) in [6.07, 6.45) is 6.54. The Balaban J connectivity index is 1.15. The summed E-state index contributed by atoms with van der Waals surface area (Å²) in [6, 6.07) is 27.4. The minimum Gasteiger partial charge on any atom is -0.140 e. The first-order valence-electron chi connectivity index (χ1n) is 12.7. The van der Waals surface area contributed by atoms with E-state index in [-0.39, 0.29) is 0 Å². The van der Waals surface area contributed by atoms with Crippen LogP contribution in [0.25, 0.3) is 48.8 Å². The van der Waals surface area contributed by atoms with E-state index in [1.807, 2.05) is 68.0 Å². The average molecular weight is 593 g/mol. The van der Waals surface area contributed by atoms with Gasteiger partial charge in [0.05, 0.1) is 0 Å². The van der Waals surface area contributed by atoms with E-state index >= 15 is 0 Å². The van der Waals surface area contributed by atoms with Gasteiger partial charge in [0.1, 0.15) is 0 Å². The molecule has 0 N–H and O–H groups in total. The SMILES string of the molecule is CCCCCCc1ccc(-c2ccc(-c3ccc(-c4ccc(-c5ccc(-c6ccc(C)s6)s5)s4)s3)s2)s1. The molecule has 0 aliphatic rings. The first kappa shape index (κ1) is 25.5. The van der Waals surface area contributed by atoms with Gasteiger partial charge in [-0.25, -0.2) is 0 Å². The van der Waals surface area contributed by atoms with Crippen LogP contribution in [-0.4, -0.2) is 0 Å². The maximum atomic E-state index is 2.33. The molecule has 0 atom stereocenters.